The zero-order chi connectivity index (χ0) is 19.4. The van der Waals surface area contributed by atoms with E-state index < -0.39 is 28.8 Å². The molecule has 0 saturated heterocycles. The largest absolute Gasteiger partial charge is 0.449 e. The van der Waals surface area contributed by atoms with Crippen LogP contribution in [0.25, 0.3) is 10.8 Å². The van der Waals surface area contributed by atoms with E-state index in [0.717, 1.165) is 10.8 Å². The van der Waals surface area contributed by atoms with Gasteiger partial charge in [-0.05, 0) is 30.5 Å². The normalized spacial score (nSPS) is 13.0. The summed E-state index contributed by atoms with van der Waals surface area (Å²) < 4.78 is 17.1. The van der Waals surface area contributed by atoms with Crippen LogP contribution in [-0.4, -0.2) is 28.4 Å². The van der Waals surface area contributed by atoms with Gasteiger partial charge in [-0.25, -0.2) is 4.79 Å². The van der Waals surface area contributed by atoms with E-state index in [4.69, 9.17) is 4.74 Å². The number of amides is 1. The van der Waals surface area contributed by atoms with Crippen LogP contribution in [0.15, 0.2) is 71.6 Å². The molecule has 3 aromatic rings. The van der Waals surface area contributed by atoms with Crippen LogP contribution < -0.4 is 5.32 Å². The van der Waals surface area contributed by atoms with Crippen LogP contribution in [0.4, 0.5) is 5.69 Å². The lowest BCUT2D eigenvalue weighted by Gasteiger charge is -2.15. The molecule has 2 atom stereocenters. The van der Waals surface area contributed by atoms with Gasteiger partial charge >= 0.3 is 5.97 Å². The van der Waals surface area contributed by atoms with Gasteiger partial charge in [0.25, 0.3) is 5.91 Å². The van der Waals surface area contributed by atoms with Crippen LogP contribution in [0.1, 0.15) is 17.3 Å². The van der Waals surface area contributed by atoms with Gasteiger partial charge in [-0.2, -0.15) is 0 Å². The molecule has 5 nitrogen and oxygen atoms in total. The average Bonchev–Trinajstić information content (AvgIpc) is 2.68. The van der Waals surface area contributed by atoms with Crippen LogP contribution in [0.5, 0.6) is 0 Å². The molecule has 0 bridgehead atoms. The minimum atomic E-state index is -1.34. The molecule has 27 heavy (non-hydrogen) atoms. The highest BCUT2D eigenvalue weighted by molar-refractivity contribution is 7.84. The maximum atomic E-state index is 12.5. The summed E-state index contributed by atoms with van der Waals surface area (Å²) >= 11 is 0. The molecular weight excluding hydrogens is 362 g/mol. The molecule has 0 spiro atoms. The van der Waals surface area contributed by atoms with Crippen molar-refractivity contribution in [1.29, 1.82) is 0 Å². The summed E-state index contributed by atoms with van der Waals surface area (Å²) in [5.74, 6) is -1.11. The molecule has 0 aromatic heterocycles. The first-order valence-electron chi connectivity index (χ1n) is 8.39. The molecule has 1 amide bonds. The quantitative estimate of drug-likeness (QED) is 0.683. The van der Waals surface area contributed by atoms with E-state index in [9.17, 15) is 13.8 Å². The first-order valence-corrected chi connectivity index (χ1v) is 9.95. The Balaban J connectivity index is 1.74. The zero-order valence-corrected chi connectivity index (χ0v) is 15.8. The van der Waals surface area contributed by atoms with Crippen LogP contribution in [-0.2, 0) is 20.3 Å². The van der Waals surface area contributed by atoms with E-state index in [1.807, 2.05) is 36.4 Å². The molecule has 3 rings (SSSR count). The molecule has 0 aliphatic rings. The second kappa shape index (κ2) is 8.14. The molecule has 0 fully saturated rings. The van der Waals surface area contributed by atoms with Crippen molar-refractivity contribution in [2.75, 3.05) is 11.6 Å². The number of rotatable bonds is 5. The molecule has 138 valence electrons. The van der Waals surface area contributed by atoms with Crippen molar-refractivity contribution >= 4 is 39.1 Å². The number of carbonyl (C=O) groups is 2. The highest BCUT2D eigenvalue weighted by Crippen LogP contribution is 2.23. The SMILES string of the molecule is C[C@@H](OC(=O)c1ccccc1[S@@](C)=O)C(=O)Nc1cccc2ccccc12. The number of carbonyl (C=O) groups excluding carboxylic acids is 2. The third kappa shape index (κ3) is 4.23. The fourth-order valence-corrected chi connectivity index (χ4v) is 3.46. The predicted octanol–water partition coefficient (Wildman–Crippen LogP) is 3.76. The van der Waals surface area contributed by atoms with Crippen LogP contribution >= 0.6 is 0 Å². The fourth-order valence-electron chi connectivity index (χ4n) is 2.73. The highest BCUT2D eigenvalue weighted by atomic mass is 32.2. The van der Waals surface area contributed by atoms with Gasteiger partial charge in [-0.3, -0.25) is 9.00 Å². The number of hydrogen-bond acceptors (Lipinski definition) is 4. The standard InChI is InChI=1S/C21H19NO4S/c1-14(26-21(24)17-11-5-6-13-19(17)27(2)25)20(23)22-18-12-7-9-15-8-3-4-10-16(15)18/h3-14H,1-2H3,(H,22,23)/t14-,27-/m1/s1. The minimum absolute atomic E-state index is 0.197. The molecule has 0 unspecified atom stereocenters. The Morgan fingerprint density at radius 3 is 2.41 bits per heavy atom. The summed E-state index contributed by atoms with van der Waals surface area (Å²) in [6.07, 6.45) is 0.484. The van der Waals surface area contributed by atoms with Gasteiger partial charge in [0.2, 0.25) is 0 Å². The monoisotopic (exact) mass is 381 g/mol. The lowest BCUT2D eigenvalue weighted by atomic mass is 10.1. The van der Waals surface area contributed by atoms with Crippen molar-refractivity contribution in [3.63, 3.8) is 0 Å². The van der Waals surface area contributed by atoms with Crippen LogP contribution in [0, 0.1) is 0 Å². The first-order chi connectivity index (χ1) is 13.0. The Bertz CT molecular complexity index is 1030. The van der Waals surface area contributed by atoms with E-state index in [2.05, 4.69) is 5.32 Å². The average molecular weight is 381 g/mol. The third-order valence-corrected chi connectivity index (χ3v) is 5.09. The van der Waals surface area contributed by atoms with E-state index in [0.29, 0.717) is 10.6 Å². The van der Waals surface area contributed by atoms with E-state index in [1.165, 1.54) is 19.2 Å². The maximum Gasteiger partial charge on any atom is 0.340 e. The summed E-state index contributed by atoms with van der Waals surface area (Å²) in [7, 11) is -1.34. The summed E-state index contributed by atoms with van der Waals surface area (Å²) in [6, 6.07) is 19.8. The second-order valence-electron chi connectivity index (χ2n) is 6.01. The summed E-state index contributed by atoms with van der Waals surface area (Å²) in [5, 5.41) is 4.70. The van der Waals surface area contributed by atoms with Crippen molar-refractivity contribution in [2.24, 2.45) is 0 Å². The van der Waals surface area contributed by atoms with Crippen molar-refractivity contribution in [1.82, 2.24) is 0 Å². The van der Waals surface area contributed by atoms with E-state index >= 15 is 0 Å². The van der Waals surface area contributed by atoms with Crippen molar-refractivity contribution in [3.05, 3.63) is 72.3 Å². The lowest BCUT2D eigenvalue weighted by Crippen LogP contribution is -2.30. The summed E-state index contributed by atoms with van der Waals surface area (Å²) in [6.45, 7) is 1.50. The minimum Gasteiger partial charge on any atom is -0.449 e. The molecule has 0 aliphatic heterocycles. The number of benzene rings is 3. The Labute approximate surface area is 159 Å². The van der Waals surface area contributed by atoms with Crippen LogP contribution in [0.3, 0.4) is 0 Å². The molecule has 0 aliphatic carbocycles. The Hall–Kier alpha value is -2.99. The number of ether oxygens (including phenoxy) is 1. The molecule has 0 radical (unpaired) electrons. The number of fused-ring (bicyclic) bond motifs is 1. The molecule has 0 saturated carbocycles. The Kier molecular flexibility index (Phi) is 5.66. The lowest BCUT2D eigenvalue weighted by molar-refractivity contribution is -0.123. The first kappa shape index (κ1) is 18.8. The van der Waals surface area contributed by atoms with Gasteiger partial charge in [0.05, 0.1) is 21.3 Å². The number of nitrogens with one attached hydrogen (secondary N) is 1. The fraction of sp³-hybridized carbons (Fsp3) is 0.143. The van der Waals surface area contributed by atoms with Crippen LogP contribution in [0.2, 0.25) is 0 Å². The van der Waals surface area contributed by atoms with Crippen molar-refractivity contribution < 1.29 is 18.5 Å². The van der Waals surface area contributed by atoms with Crippen molar-refractivity contribution in [3.8, 4) is 0 Å². The third-order valence-electron chi connectivity index (χ3n) is 4.12. The van der Waals surface area contributed by atoms with Crippen molar-refractivity contribution in [2.45, 2.75) is 17.9 Å². The van der Waals surface area contributed by atoms with Gasteiger partial charge in [0.1, 0.15) is 0 Å². The van der Waals surface area contributed by atoms with Gasteiger partial charge in [0.15, 0.2) is 6.10 Å². The maximum absolute atomic E-state index is 12.5. The number of hydrogen-bond donors (Lipinski definition) is 1. The molecule has 0 heterocycles. The molecular formula is C21H19NO4S. The van der Waals surface area contributed by atoms with E-state index in [1.54, 1.807) is 24.3 Å². The van der Waals surface area contributed by atoms with Gasteiger partial charge in [0, 0.05) is 17.3 Å². The molecule has 3 aromatic carbocycles. The predicted molar refractivity (Wildman–Crippen MR) is 106 cm³/mol. The molecule has 1 N–H and O–H groups in total. The Morgan fingerprint density at radius 2 is 1.63 bits per heavy atom. The van der Waals surface area contributed by atoms with Gasteiger partial charge < -0.3 is 10.1 Å². The smallest absolute Gasteiger partial charge is 0.340 e. The number of anilines is 1. The van der Waals surface area contributed by atoms with E-state index in [-0.39, 0.29) is 5.56 Å². The Morgan fingerprint density at radius 1 is 0.963 bits per heavy atom. The summed E-state index contributed by atoms with van der Waals surface area (Å²) in [5.41, 5.74) is 0.846. The van der Waals surface area contributed by atoms with Gasteiger partial charge in [-0.15, -0.1) is 0 Å². The topological polar surface area (TPSA) is 72.5 Å². The second-order valence-corrected chi connectivity index (χ2v) is 7.36. The highest BCUT2D eigenvalue weighted by Gasteiger charge is 2.22. The zero-order valence-electron chi connectivity index (χ0n) is 15.0. The number of esters is 1. The van der Waals surface area contributed by atoms with Gasteiger partial charge in [-0.1, -0.05) is 48.5 Å². The summed E-state index contributed by atoms with van der Waals surface area (Å²) in [4.78, 5) is 25.3. The molecule has 6 heteroatoms.